The Morgan fingerprint density at radius 3 is 2.49 bits per heavy atom. The van der Waals surface area contributed by atoms with Gasteiger partial charge in [0.25, 0.3) is 5.91 Å². The van der Waals surface area contributed by atoms with E-state index in [4.69, 9.17) is 14.2 Å². The number of halogens is 1. The molecule has 0 unspecified atom stereocenters. The van der Waals surface area contributed by atoms with Gasteiger partial charge in [0.15, 0.2) is 11.5 Å². The summed E-state index contributed by atoms with van der Waals surface area (Å²) in [5.74, 6) is 0.990. The van der Waals surface area contributed by atoms with Crippen LogP contribution in [0.25, 0.3) is 0 Å². The summed E-state index contributed by atoms with van der Waals surface area (Å²) in [6, 6.07) is 8.43. The Kier molecular flexibility index (Phi) is 7.31. The van der Waals surface area contributed by atoms with E-state index in [1.165, 1.54) is 43.6 Å². The van der Waals surface area contributed by atoms with E-state index in [-0.39, 0.29) is 29.8 Å². The van der Waals surface area contributed by atoms with Crippen molar-refractivity contribution < 1.29 is 28.5 Å². The van der Waals surface area contributed by atoms with Gasteiger partial charge in [-0.15, -0.1) is 0 Å². The summed E-state index contributed by atoms with van der Waals surface area (Å²) in [5, 5.41) is 10.1. The maximum Gasteiger partial charge on any atom is 0.273 e. The summed E-state index contributed by atoms with van der Waals surface area (Å²) < 4.78 is 29.8. The zero-order valence-corrected chi connectivity index (χ0v) is 19.8. The highest BCUT2D eigenvalue weighted by Gasteiger charge is 2.33. The molecule has 0 bridgehead atoms. The fourth-order valence-electron chi connectivity index (χ4n) is 3.98. The molecule has 1 atom stereocenters. The molecule has 2 aromatic heterocycles. The molecule has 184 valence electrons. The van der Waals surface area contributed by atoms with Crippen LogP contribution >= 0.6 is 0 Å². The molecule has 0 saturated carbocycles. The first kappa shape index (κ1) is 24.2. The molecule has 0 radical (unpaired) electrons. The van der Waals surface area contributed by atoms with Crippen molar-refractivity contribution in [3.05, 3.63) is 66.0 Å². The summed E-state index contributed by atoms with van der Waals surface area (Å²) in [6.07, 6.45) is 3.13. The number of rotatable bonds is 7. The Hall–Kier alpha value is -3.92. The third kappa shape index (κ3) is 5.27. The van der Waals surface area contributed by atoms with Gasteiger partial charge >= 0.3 is 0 Å². The lowest BCUT2D eigenvalue weighted by Gasteiger charge is -2.41. The van der Waals surface area contributed by atoms with Crippen molar-refractivity contribution in [2.75, 3.05) is 45.4 Å². The highest BCUT2D eigenvalue weighted by atomic mass is 19.1. The van der Waals surface area contributed by atoms with Gasteiger partial charge < -0.3 is 29.1 Å². The molecule has 35 heavy (non-hydrogen) atoms. The lowest BCUT2D eigenvalue weighted by Crippen LogP contribution is -2.57. The number of aryl methyl sites for hydroxylation is 1. The highest BCUT2D eigenvalue weighted by Crippen LogP contribution is 2.33. The summed E-state index contributed by atoms with van der Waals surface area (Å²) in [5.41, 5.74) is 1.81. The van der Waals surface area contributed by atoms with Crippen molar-refractivity contribution in [2.45, 2.75) is 13.0 Å². The van der Waals surface area contributed by atoms with Gasteiger partial charge in [-0.3, -0.25) is 9.78 Å². The van der Waals surface area contributed by atoms with Crippen LogP contribution in [0.4, 0.5) is 10.1 Å². The van der Waals surface area contributed by atoms with Crippen LogP contribution in [0.2, 0.25) is 0 Å². The molecule has 1 aliphatic heterocycles. The number of aliphatic hydroxyl groups excluding tert-OH is 1. The maximum atomic E-state index is 13.3. The minimum absolute atomic E-state index is 0.162. The van der Waals surface area contributed by atoms with Crippen LogP contribution in [-0.2, 0) is 0 Å². The quantitative estimate of drug-likeness (QED) is 0.549. The van der Waals surface area contributed by atoms with E-state index in [0.29, 0.717) is 36.9 Å². The number of hydrogen-bond acceptors (Lipinski definition) is 8. The van der Waals surface area contributed by atoms with Crippen LogP contribution in [0.15, 0.2) is 48.8 Å². The number of carbonyl (C=O) groups is 1. The maximum absolute atomic E-state index is 13.3. The van der Waals surface area contributed by atoms with Crippen molar-refractivity contribution in [3.63, 3.8) is 0 Å². The van der Waals surface area contributed by atoms with Gasteiger partial charge in [-0.05, 0) is 31.2 Å². The number of anilines is 1. The number of carbonyl (C=O) groups excluding carboxylic acids is 1. The summed E-state index contributed by atoms with van der Waals surface area (Å²) in [6.45, 7) is 2.99. The van der Waals surface area contributed by atoms with Crippen molar-refractivity contribution in [1.29, 1.82) is 0 Å². The van der Waals surface area contributed by atoms with Crippen molar-refractivity contribution >= 4 is 11.6 Å². The molecule has 1 aromatic carbocycles. The molecule has 1 saturated heterocycles. The summed E-state index contributed by atoms with van der Waals surface area (Å²) in [7, 11) is 3.06. The van der Waals surface area contributed by atoms with Crippen molar-refractivity contribution in [3.8, 4) is 23.0 Å². The molecule has 9 nitrogen and oxygen atoms in total. The monoisotopic (exact) mass is 482 g/mol. The number of benzene rings is 1. The molecule has 10 heteroatoms. The zero-order valence-electron chi connectivity index (χ0n) is 19.8. The van der Waals surface area contributed by atoms with Crippen LogP contribution < -0.4 is 19.1 Å². The molecular weight excluding hydrogens is 455 g/mol. The van der Waals surface area contributed by atoms with E-state index >= 15 is 0 Å². The van der Waals surface area contributed by atoms with Gasteiger partial charge in [0.2, 0.25) is 0 Å². The second kappa shape index (κ2) is 10.6. The number of pyridine rings is 2. The first-order valence-electron chi connectivity index (χ1n) is 11.1. The van der Waals surface area contributed by atoms with E-state index in [1.54, 1.807) is 18.2 Å². The van der Waals surface area contributed by atoms with Gasteiger partial charge in [0.05, 0.1) is 44.9 Å². The topological polar surface area (TPSA) is 97.3 Å². The lowest BCUT2D eigenvalue weighted by atomic mass is 10.1. The zero-order chi connectivity index (χ0) is 24.9. The molecule has 1 N–H and O–H groups in total. The van der Waals surface area contributed by atoms with Crippen LogP contribution in [0, 0.1) is 12.7 Å². The highest BCUT2D eigenvalue weighted by molar-refractivity contribution is 5.93. The minimum atomic E-state index is -0.454. The predicted octanol–water partition coefficient (Wildman–Crippen LogP) is 3.06. The number of amides is 1. The first-order chi connectivity index (χ1) is 16.9. The van der Waals surface area contributed by atoms with Crippen LogP contribution in [0.1, 0.15) is 16.2 Å². The average Bonchev–Trinajstić information content (AvgIpc) is 2.89. The number of aromatic nitrogens is 2. The molecule has 1 amide bonds. The van der Waals surface area contributed by atoms with E-state index in [0.717, 1.165) is 11.4 Å². The number of methoxy groups -OCH3 is 2. The van der Waals surface area contributed by atoms with Gasteiger partial charge in [-0.1, -0.05) is 0 Å². The van der Waals surface area contributed by atoms with E-state index in [1.807, 2.05) is 17.9 Å². The molecule has 1 fully saturated rings. The van der Waals surface area contributed by atoms with Crippen LogP contribution in [0.5, 0.6) is 23.0 Å². The van der Waals surface area contributed by atoms with Gasteiger partial charge in [0.1, 0.15) is 23.0 Å². The molecule has 3 heterocycles. The average molecular weight is 483 g/mol. The fraction of sp³-hybridized carbons (Fsp3) is 0.320. The third-order valence-electron chi connectivity index (χ3n) is 5.81. The standard InChI is InChI=1S/C25H27FN4O5/c1-16-10-22(33-2)21(12-27-16)29-8-9-30(18(14-29)15-31)25(32)20-11-23(34-3)24(13-28-20)35-19-6-4-17(26)5-7-19/h4-7,10-13,18,31H,8-9,14-15H2,1-3H3/t18-/m0/s1. The van der Waals surface area contributed by atoms with E-state index in [2.05, 4.69) is 9.97 Å². The third-order valence-corrected chi connectivity index (χ3v) is 5.81. The smallest absolute Gasteiger partial charge is 0.273 e. The van der Waals surface area contributed by atoms with Crippen molar-refractivity contribution in [1.82, 2.24) is 14.9 Å². The van der Waals surface area contributed by atoms with Crippen molar-refractivity contribution in [2.24, 2.45) is 0 Å². The Morgan fingerprint density at radius 1 is 1.06 bits per heavy atom. The first-order valence-corrected chi connectivity index (χ1v) is 11.1. The lowest BCUT2D eigenvalue weighted by molar-refractivity contribution is 0.0558. The Balaban J connectivity index is 1.51. The minimum Gasteiger partial charge on any atom is -0.494 e. The van der Waals surface area contributed by atoms with Gasteiger partial charge in [-0.25, -0.2) is 9.37 Å². The summed E-state index contributed by atoms with van der Waals surface area (Å²) in [4.78, 5) is 25.6. The molecule has 3 aromatic rings. The SMILES string of the molecule is COc1cc(C(=O)N2CCN(c3cnc(C)cc3OC)C[C@H]2CO)ncc1Oc1ccc(F)cc1. The number of piperazine rings is 1. The predicted molar refractivity (Wildman–Crippen MR) is 127 cm³/mol. The number of ether oxygens (including phenoxy) is 3. The largest absolute Gasteiger partial charge is 0.494 e. The molecule has 1 aliphatic rings. The fourth-order valence-corrected chi connectivity index (χ4v) is 3.98. The van der Waals surface area contributed by atoms with E-state index < -0.39 is 6.04 Å². The molecular formula is C25H27FN4O5. The Morgan fingerprint density at radius 2 is 1.80 bits per heavy atom. The van der Waals surface area contributed by atoms with E-state index in [9.17, 15) is 14.3 Å². The number of nitrogens with zero attached hydrogens (tertiary/aromatic N) is 4. The normalized spacial score (nSPS) is 15.6. The molecule has 4 rings (SSSR count). The second-order valence-corrected chi connectivity index (χ2v) is 8.05. The van der Waals surface area contributed by atoms with Gasteiger partial charge in [0, 0.05) is 37.5 Å². The van der Waals surface area contributed by atoms with Crippen LogP contribution in [0.3, 0.4) is 0 Å². The number of aliphatic hydroxyl groups is 1. The van der Waals surface area contributed by atoms with Crippen LogP contribution in [-0.4, -0.2) is 72.4 Å². The summed E-state index contributed by atoms with van der Waals surface area (Å²) >= 11 is 0. The Labute approximate surface area is 202 Å². The number of hydrogen-bond donors (Lipinski definition) is 1. The van der Waals surface area contributed by atoms with Gasteiger partial charge in [-0.2, -0.15) is 0 Å². The second-order valence-electron chi connectivity index (χ2n) is 8.05. The Bertz CT molecular complexity index is 1190. The molecule has 0 spiro atoms. The molecule has 0 aliphatic carbocycles.